The normalized spacial score (nSPS) is 27.8. The van der Waals surface area contributed by atoms with Crippen LogP contribution in [0.4, 0.5) is 0 Å². The van der Waals surface area contributed by atoms with E-state index in [1.54, 1.807) is 7.11 Å². The number of likely N-dealkylation sites (tertiary alicyclic amines) is 1. The highest BCUT2D eigenvalue weighted by Gasteiger charge is 2.35. The van der Waals surface area contributed by atoms with Crippen LogP contribution in [0.25, 0.3) is 0 Å². The molecule has 110 valence electrons. The van der Waals surface area contributed by atoms with Crippen LogP contribution in [0.5, 0.6) is 11.5 Å². The highest BCUT2D eigenvalue weighted by Crippen LogP contribution is 2.39. The van der Waals surface area contributed by atoms with Gasteiger partial charge in [0.15, 0.2) is 0 Å². The van der Waals surface area contributed by atoms with Gasteiger partial charge in [-0.15, -0.1) is 0 Å². The van der Waals surface area contributed by atoms with Crippen LogP contribution in [0.3, 0.4) is 0 Å². The van der Waals surface area contributed by atoms with Crippen molar-refractivity contribution in [3.63, 3.8) is 0 Å². The van der Waals surface area contributed by atoms with Gasteiger partial charge in [-0.05, 0) is 50.0 Å². The van der Waals surface area contributed by atoms with Crippen molar-refractivity contribution in [2.24, 2.45) is 5.92 Å². The lowest BCUT2D eigenvalue weighted by molar-refractivity contribution is -0.0115. The zero-order valence-corrected chi connectivity index (χ0v) is 12.2. The van der Waals surface area contributed by atoms with Crippen molar-refractivity contribution in [1.82, 2.24) is 4.90 Å². The monoisotopic (exact) mass is 277 g/mol. The fourth-order valence-electron chi connectivity index (χ4n) is 3.24. The number of aliphatic hydroxyl groups is 1. The SMILES string of the molecule is COc1ccc2c(c1)C(N1CCC(C)CC1)C(O)CO2. The summed E-state index contributed by atoms with van der Waals surface area (Å²) < 4.78 is 11.0. The van der Waals surface area contributed by atoms with Crippen LogP contribution < -0.4 is 9.47 Å². The maximum absolute atomic E-state index is 10.4. The standard InChI is InChI=1S/C16H23NO3/c1-11-5-7-17(8-6-11)16-13-9-12(19-2)3-4-15(13)20-10-14(16)18/h3-4,9,11,14,16,18H,5-8,10H2,1-2H3. The quantitative estimate of drug-likeness (QED) is 0.900. The number of benzene rings is 1. The fourth-order valence-corrected chi connectivity index (χ4v) is 3.24. The maximum atomic E-state index is 10.4. The Hall–Kier alpha value is -1.26. The number of aliphatic hydroxyl groups excluding tert-OH is 1. The van der Waals surface area contributed by atoms with E-state index >= 15 is 0 Å². The van der Waals surface area contributed by atoms with Crippen LogP contribution in [0.15, 0.2) is 18.2 Å². The zero-order chi connectivity index (χ0) is 14.1. The van der Waals surface area contributed by atoms with E-state index in [0.717, 1.165) is 36.1 Å². The molecular weight excluding hydrogens is 254 g/mol. The number of fused-ring (bicyclic) bond motifs is 1. The molecule has 0 radical (unpaired) electrons. The van der Waals surface area contributed by atoms with E-state index in [2.05, 4.69) is 11.8 Å². The predicted molar refractivity (Wildman–Crippen MR) is 77.2 cm³/mol. The van der Waals surface area contributed by atoms with E-state index < -0.39 is 6.10 Å². The Morgan fingerprint density at radius 3 is 2.75 bits per heavy atom. The van der Waals surface area contributed by atoms with Crippen molar-refractivity contribution in [2.45, 2.75) is 31.9 Å². The van der Waals surface area contributed by atoms with Crippen LogP contribution in [0, 0.1) is 5.92 Å². The number of methoxy groups -OCH3 is 1. The molecule has 1 aromatic carbocycles. The van der Waals surface area contributed by atoms with Gasteiger partial charge >= 0.3 is 0 Å². The summed E-state index contributed by atoms with van der Waals surface area (Å²) in [5.41, 5.74) is 1.05. The largest absolute Gasteiger partial charge is 0.497 e. The first-order valence-electron chi connectivity index (χ1n) is 7.42. The fraction of sp³-hybridized carbons (Fsp3) is 0.625. The van der Waals surface area contributed by atoms with Gasteiger partial charge in [-0.1, -0.05) is 6.92 Å². The van der Waals surface area contributed by atoms with E-state index in [-0.39, 0.29) is 6.04 Å². The van der Waals surface area contributed by atoms with Gasteiger partial charge in [-0.25, -0.2) is 0 Å². The lowest BCUT2D eigenvalue weighted by Crippen LogP contribution is -2.45. The minimum Gasteiger partial charge on any atom is -0.497 e. The molecule has 0 saturated carbocycles. The van der Waals surface area contributed by atoms with Crippen molar-refractivity contribution in [2.75, 3.05) is 26.8 Å². The van der Waals surface area contributed by atoms with Gasteiger partial charge in [-0.3, -0.25) is 4.90 Å². The number of piperidine rings is 1. The first kappa shape index (κ1) is 13.7. The summed E-state index contributed by atoms with van der Waals surface area (Å²) in [6.07, 6.45) is 1.93. The van der Waals surface area contributed by atoms with Crippen LogP contribution in [-0.4, -0.2) is 42.9 Å². The molecule has 1 saturated heterocycles. The van der Waals surface area contributed by atoms with E-state index in [4.69, 9.17) is 9.47 Å². The van der Waals surface area contributed by atoms with Crippen molar-refractivity contribution >= 4 is 0 Å². The van der Waals surface area contributed by atoms with Crippen molar-refractivity contribution < 1.29 is 14.6 Å². The Labute approximate surface area is 120 Å². The minimum atomic E-state index is -0.469. The van der Waals surface area contributed by atoms with Crippen LogP contribution in [-0.2, 0) is 0 Å². The molecule has 2 unspecified atom stereocenters. The highest BCUT2D eigenvalue weighted by molar-refractivity contribution is 5.44. The molecule has 0 spiro atoms. The van der Waals surface area contributed by atoms with Gasteiger partial charge in [0.25, 0.3) is 0 Å². The summed E-state index contributed by atoms with van der Waals surface area (Å²) in [4.78, 5) is 2.39. The highest BCUT2D eigenvalue weighted by atomic mass is 16.5. The Morgan fingerprint density at radius 2 is 2.05 bits per heavy atom. The summed E-state index contributed by atoms with van der Waals surface area (Å²) in [5, 5.41) is 10.4. The van der Waals surface area contributed by atoms with Crippen molar-refractivity contribution in [3.8, 4) is 11.5 Å². The summed E-state index contributed by atoms with van der Waals surface area (Å²) in [6, 6.07) is 5.88. The third kappa shape index (κ3) is 2.50. The molecule has 0 aliphatic carbocycles. The molecule has 2 aliphatic rings. The average Bonchev–Trinajstić information content (AvgIpc) is 2.48. The molecule has 4 heteroatoms. The first-order chi connectivity index (χ1) is 9.69. The number of ether oxygens (including phenoxy) is 2. The average molecular weight is 277 g/mol. The smallest absolute Gasteiger partial charge is 0.124 e. The third-order valence-corrected chi connectivity index (χ3v) is 4.52. The second-order valence-electron chi connectivity index (χ2n) is 5.95. The molecule has 1 aromatic rings. The van der Waals surface area contributed by atoms with Gasteiger partial charge in [-0.2, -0.15) is 0 Å². The molecule has 1 N–H and O–H groups in total. The van der Waals surface area contributed by atoms with Crippen molar-refractivity contribution in [3.05, 3.63) is 23.8 Å². The topological polar surface area (TPSA) is 41.9 Å². The second kappa shape index (κ2) is 5.62. The first-order valence-corrected chi connectivity index (χ1v) is 7.42. The Kier molecular flexibility index (Phi) is 3.85. The Morgan fingerprint density at radius 1 is 1.30 bits per heavy atom. The van der Waals surface area contributed by atoms with Crippen LogP contribution in [0.1, 0.15) is 31.4 Å². The molecule has 0 amide bonds. The maximum Gasteiger partial charge on any atom is 0.124 e. The van der Waals surface area contributed by atoms with E-state index in [0.29, 0.717) is 6.61 Å². The van der Waals surface area contributed by atoms with E-state index in [1.807, 2.05) is 18.2 Å². The molecule has 2 atom stereocenters. The molecule has 3 rings (SSSR count). The third-order valence-electron chi connectivity index (χ3n) is 4.52. The van der Waals surface area contributed by atoms with Gasteiger partial charge in [0, 0.05) is 5.56 Å². The zero-order valence-electron chi connectivity index (χ0n) is 12.2. The molecule has 20 heavy (non-hydrogen) atoms. The number of rotatable bonds is 2. The Bertz CT molecular complexity index is 469. The summed E-state index contributed by atoms with van der Waals surface area (Å²) in [7, 11) is 1.67. The summed E-state index contributed by atoms with van der Waals surface area (Å²) in [6.45, 7) is 4.75. The molecular formula is C16H23NO3. The number of hydrogen-bond acceptors (Lipinski definition) is 4. The van der Waals surface area contributed by atoms with Crippen LogP contribution in [0.2, 0.25) is 0 Å². The molecule has 2 heterocycles. The van der Waals surface area contributed by atoms with Crippen molar-refractivity contribution in [1.29, 1.82) is 0 Å². The molecule has 4 nitrogen and oxygen atoms in total. The summed E-state index contributed by atoms with van der Waals surface area (Å²) in [5.74, 6) is 2.48. The molecule has 1 fully saturated rings. The van der Waals surface area contributed by atoms with Gasteiger partial charge in [0.1, 0.15) is 24.2 Å². The van der Waals surface area contributed by atoms with E-state index in [1.165, 1.54) is 12.8 Å². The number of nitrogens with zero attached hydrogens (tertiary/aromatic N) is 1. The predicted octanol–water partition coefficient (Wildman–Crippen LogP) is 2.22. The molecule has 2 aliphatic heterocycles. The number of hydrogen-bond donors (Lipinski definition) is 1. The minimum absolute atomic E-state index is 0.0290. The second-order valence-corrected chi connectivity index (χ2v) is 5.95. The van der Waals surface area contributed by atoms with Gasteiger partial charge in [0.2, 0.25) is 0 Å². The Balaban J connectivity index is 1.90. The summed E-state index contributed by atoms with van der Waals surface area (Å²) >= 11 is 0. The lowest BCUT2D eigenvalue weighted by atomic mass is 9.92. The van der Waals surface area contributed by atoms with Gasteiger partial charge < -0.3 is 14.6 Å². The van der Waals surface area contributed by atoms with Gasteiger partial charge in [0.05, 0.1) is 13.2 Å². The van der Waals surface area contributed by atoms with Crippen LogP contribution >= 0.6 is 0 Å². The van der Waals surface area contributed by atoms with E-state index in [9.17, 15) is 5.11 Å². The molecule has 0 aromatic heterocycles. The molecule has 0 bridgehead atoms. The lowest BCUT2D eigenvalue weighted by Gasteiger charge is -2.41.